The van der Waals surface area contributed by atoms with Crippen molar-refractivity contribution < 1.29 is 5.11 Å². The predicted octanol–water partition coefficient (Wildman–Crippen LogP) is 1.89. The maximum atomic E-state index is 8.92. The van der Waals surface area contributed by atoms with Crippen molar-refractivity contribution in [2.45, 2.75) is 13.5 Å². The number of hydrogen-bond donors (Lipinski definition) is 3. The summed E-state index contributed by atoms with van der Waals surface area (Å²) in [5.41, 5.74) is 2.47. The molecule has 0 bridgehead atoms. The molecular weight excluding hydrogens is 200 g/mol. The van der Waals surface area contributed by atoms with Crippen LogP contribution in [0.2, 0.25) is 0 Å². The second-order valence-corrected chi connectivity index (χ2v) is 4.28. The maximum absolute atomic E-state index is 8.92. The van der Waals surface area contributed by atoms with Crippen LogP contribution in [0.1, 0.15) is 12.5 Å². The Labute approximate surface area is 95.5 Å². The zero-order valence-electron chi connectivity index (χ0n) is 9.53. The van der Waals surface area contributed by atoms with Gasteiger partial charge in [-0.1, -0.05) is 25.1 Å². The van der Waals surface area contributed by atoms with E-state index >= 15 is 0 Å². The molecule has 0 radical (unpaired) electrons. The van der Waals surface area contributed by atoms with E-state index in [0.717, 1.165) is 13.1 Å². The topological polar surface area (TPSA) is 48.0 Å². The third-order valence-electron chi connectivity index (χ3n) is 2.79. The lowest BCUT2D eigenvalue weighted by molar-refractivity contribution is 0.233. The Morgan fingerprint density at radius 3 is 3.06 bits per heavy atom. The fourth-order valence-corrected chi connectivity index (χ4v) is 1.81. The molecule has 3 N–H and O–H groups in total. The summed E-state index contributed by atoms with van der Waals surface area (Å²) in [6.07, 6.45) is 1.96. The molecule has 86 valence electrons. The summed E-state index contributed by atoms with van der Waals surface area (Å²) in [5, 5.41) is 13.5. The van der Waals surface area contributed by atoms with Crippen LogP contribution in [-0.2, 0) is 6.54 Å². The highest BCUT2D eigenvalue weighted by Crippen LogP contribution is 2.16. The normalized spacial score (nSPS) is 13.1. The van der Waals surface area contributed by atoms with Crippen LogP contribution in [0.4, 0.5) is 0 Å². The number of rotatable bonds is 5. The van der Waals surface area contributed by atoms with Crippen LogP contribution in [-0.4, -0.2) is 23.2 Å². The molecule has 0 aliphatic carbocycles. The molecule has 0 fully saturated rings. The number of aliphatic hydroxyl groups excluding tert-OH is 1. The van der Waals surface area contributed by atoms with Gasteiger partial charge in [-0.2, -0.15) is 0 Å². The molecule has 3 nitrogen and oxygen atoms in total. The fraction of sp³-hybridized carbons (Fsp3) is 0.385. The van der Waals surface area contributed by atoms with E-state index < -0.39 is 0 Å². The summed E-state index contributed by atoms with van der Waals surface area (Å²) < 4.78 is 0. The Kier molecular flexibility index (Phi) is 3.59. The SMILES string of the molecule is CC(CO)CNCc1cccc2cc[nH]c12. The van der Waals surface area contributed by atoms with Gasteiger partial charge in [0.2, 0.25) is 0 Å². The zero-order valence-corrected chi connectivity index (χ0v) is 9.53. The van der Waals surface area contributed by atoms with E-state index in [1.54, 1.807) is 0 Å². The summed E-state index contributed by atoms with van der Waals surface area (Å²) in [6, 6.07) is 8.37. The highest BCUT2D eigenvalue weighted by atomic mass is 16.3. The van der Waals surface area contributed by atoms with Gasteiger partial charge in [-0.3, -0.25) is 0 Å². The maximum Gasteiger partial charge on any atom is 0.0499 e. The van der Waals surface area contributed by atoms with Crippen molar-refractivity contribution in [1.29, 1.82) is 0 Å². The van der Waals surface area contributed by atoms with Crippen LogP contribution < -0.4 is 5.32 Å². The van der Waals surface area contributed by atoms with E-state index in [1.807, 2.05) is 13.1 Å². The van der Waals surface area contributed by atoms with Crippen LogP contribution in [0, 0.1) is 5.92 Å². The smallest absolute Gasteiger partial charge is 0.0499 e. The molecule has 0 saturated carbocycles. The van der Waals surface area contributed by atoms with Crippen molar-refractivity contribution in [3.05, 3.63) is 36.0 Å². The molecule has 1 aromatic carbocycles. The van der Waals surface area contributed by atoms with Gasteiger partial charge in [0.15, 0.2) is 0 Å². The quantitative estimate of drug-likeness (QED) is 0.717. The minimum Gasteiger partial charge on any atom is -0.396 e. The van der Waals surface area contributed by atoms with Crippen molar-refractivity contribution in [3.8, 4) is 0 Å². The van der Waals surface area contributed by atoms with E-state index in [1.165, 1.54) is 16.5 Å². The minimum atomic E-state index is 0.236. The molecule has 1 heterocycles. The predicted molar refractivity (Wildman–Crippen MR) is 66.3 cm³/mol. The number of hydrogen-bond acceptors (Lipinski definition) is 2. The molecule has 0 amide bonds. The van der Waals surface area contributed by atoms with Gasteiger partial charge < -0.3 is 15.4 Å². The van der Waals surface area contributed by atoms with Crippen LogP contribution in [0.15, 0.2) is 30.5 Å². The van der Waals surface area contributed by atoms with Crippen LogP contribution in [0.25, 0.3) is 10.9 Å². The van der Waals surface area contributed by atoms with E-state index in [-0.39, 0.29) is 6.61 Å². The van der Waals surface area contributed by atoms with Gasteiger partial charge in [-0.05, 0) is 22.9 Å². The summed E-state index contributed by atoms with van der Waals surface area (Å²) >= 11 is 0. The lowest BCUT2D eigenvalue weighted by Crippen LogP contribution is -2.22. The average Bonchev–Trinajstić information content (AvgIpc) is 2.77. The monoisotopic (exact) mass is 218 g/mol. The number of aromatic nitrogens is 1. The van der Waals surface area contributed by atoms with Gasteiger partial charge in [-0.15, -0.1) is 0 Å². The summed E-state index contributed by atoms with van der Waals surface area (Å²) in [6.45, 7) is 3.94. The molecule has 3 heteroatoms. The molecule has 2 aromatic rings. The van der Waals surface area contributed by atoms with Gasteiger partial charge in [0.05, 0.1) is 0 Å². The Bertz CT molecular complexity index is 450. The van der Waals surface area contributed by atoms with E-state index in [0.29, 0.717) is 5.92 Å². The van der Waals surface area contributed by atoms with Gasteiger partial charge in [0, 0.05) is 31.4 Å². The molecule has 16 heavy (non-hydrogen) atoms. The highest BCUT2D eigenvalue weighted by molar-refractivity contribution is 5.82. The van der Waals surface area contributed by atoms with Gasteiger partial charge in [0.1, 0.15) is 0 Å². The Hall–Kier alpha value is -1.32. The van der Waals surface area contributed by atoms with Crippen molar-refractivity contribution in [3.63, 3.8) is 0 Å². The van der Waals surface area contributed by atoms with E-state index in [2.05, 4.69) is 34.6 Å². The van der Waals surface area contributed by atoms with Crippen molar-refractivity contribution >= 4 is 10.9 Å². The molecule has 0 saturated heterocycles. The average molecular weight is 218 g/mol. The molecule has 0 aliphatic heterocycles. The number of nitrogens with one attached hydrogen (secondary N) is 2. The summed E-state index contributed by atoms with van der Waals surface area (Å²) in [4.78, 5) is 3.25. The third kappa shape index (κ3) is 2.43. The van der Waals surface area contributed by atoms with Crippen LogP contribution in [0.5, 0.6) is 0 Å². The van der Waals surface area contributed by atoms with E-state index in [4.69, 9.17) is 5.11 Å². The van der Waals surface area contributed by atoms with Gasteiger partial charge >= 0.3 is 0 Å². The highest BCUT2D eigenvalue weighted by Gasteiger charge is 2.02. The first-order valence-corrected chi connectivity index (χ1v) is 5.68. The first kappa shape index (κ1) is 11.2. The minimum absolute atomic E-state index is 0.236. The number of fused-ring (bicyclic) bond motifs is 1. The molecule has 1 atom stereocenters. The first-order valence-electron chi connectivity index (χ1n) is 5.68. The standard InChI is InChI=1S/C13H18N2O/c1-10(9-16)7-14-8-12-4-2-3-11-5-6-15-13(11)12/h2-6,10,14-16H,7-9H2,1H3. The van der Waals surface area contributed by atoms with Crippen molar-refractivity contribution in [2.75, 3.05) is 13.2 Å². The second-order valence-electron chi connectivity index (χ2n) is 4.28. The number of aromatic amines is 1. The lowest BCUT2D eigenvalue weighted by Gasteiger charge is -2.10. The summed E-state index contributed by atoms with van der Waals surface area (Å²) in [5.74, 6) is 0.308. The number of H-pyrrole nitrogens is 1. The number of para-hydroxylation sites is 1. The third-order valence-corrected chi connectivity index (χ3v) is 2.79. The largest absolute Gasteiger partial charge is 0.396 e. The number of benzene rings is 1. The second kappa shape index (κ2) is 5.14. The molecule has 0 aliphatic rings. The zero-order chi connectivity index (χ0) is 11.4. The van der Waals surface area contributed by atoms with Crippen molar-refractivity contribution in [2.24, 2.45) is 5.92 Å². The molecule has 2 rings (SSSR count). The fourth-order valence-electron chi connectivity index (χ4n) is 1.81. The van der Waals surface area contributed by atoms with Crippen LogP contribution in [0.3, 0.4) is 0 Å². The molecule has 1 aromatic heterocycles. The Morgan fingerprint density at radius 1 is 1.38 bits per heavy atom. The van der Waals surface area contributed by atoms with Crippen LogP contribution >= 0.6 is 0 Å². The lowest BCUT2D eigenvalue weighted by atomic mass is 10.1. The summed E-state index contributed by atoms with van der Waals surface area (Å²) in [7, 11) is 0. The molecule has 0 spiro atoms. The molecular formula is C13H18N2O. The van der Waals surface area contributed by atoms with Crippen molar-refractivity contribution in [1.82, 2.24) is 10.3 Å². The van der Waals surface area contributed by atoms with Gasteiger partial charge in [-0.25, -0.2) is 0 Å². The Morgan fingerprint density at radius 2 is 2.25 bits per heavy atom. The first-order chi connectivity index (χ1) is 7.81. The van der Waals surface area contributed by atoms with E-state index in [9.17, 15) is 0 Å². The Balaban J connectivity index is 2.01. The molecule has 1 unspecified atom stereocenters. The van der Waals surface area contributed by atoms with Gasteiger partial charge in [0.25, 0.3) is 0 Å². The number of aliphatic hydroxyl groups is 1.